The van der Waals surface area contributed by atoms with Crippen LogP contribution < -0.4 is 4.90 Å². The molecule has 1 atom stereocenters. The second-order valence-corrected chi connectivity index (χ2v) is 13.8. The number of thiophene rings is 2. The number of anilines is 1. The molecule has 1 unspecified atom stereocenters. The molecule has 0 saturated heterocycles. The lowest BCUT2D eigenvalue weighted by Gasteiger charge is -2.29. The number of nitrogens with zero attached hydrogens (tertiary/aromatic N) is 3. The number of carbonyl (C=O) groups excluding carboxylic acids is 3. The van der Waals surface area contributed by atoms with Crippen molar-refractivity contribution in [1.82, 2.24) is 9.27 Å². The van der Waals surface area contributed by atoms with Gasteiger partial charge in [-0.1, -0.05) is 6.07 Å². The van der Waals surface area contributed by atoms with Gasteiger partial charge in [0.2, 0.25) is 5.91 Å². The Balaban J connectivity index is 1.94. The van der Waals surface area contributed by atoms with Crippen molar-refractivity contribution in [2.24, 2.45) is 0 Å². The second kappa shape index (κ2) is 11.1. The molecule has 0 aliphatic heterocycles. The third-order valence-electron chi connectivity index (χ3n) is 5.24. The van der Waals surface area contributed by atoms with E-state index in [1.807, 2.05) is 52.1 Å². The lowest BCUT2D eigenvalue weighted by molar-refractivity contribution is -0.129. The third kappa shape index (κ3) is 7.30. The molecule has 3 heterocycles. The molecule has 0 aliphatic rings. The van der Waals surface area contributed by atoms with Crippen molar-refractivity contribution in [3.05, 3.63) is 32.8 Å². The molecule has 0 bridgehead atoms. The van der Waals surface area contributed by atoms with E-state index in [9.17, 15) is 14.4 Å². The van der Waals surface area contributed by atoms with Gasteiger partial charge in [-0.05, 0) is 83.9 Å². The van der Waals surface area contributed by atoms with E-state index in [0.717, 1.165) is 35.4 Å². The van der Waals surface area contributed by atoms with Crippen molar-refractivity contribution in [3.8, 4) is 0 Å². The highest BCUT2D eigenvalue weighted by Crippen LogP contribution is 2.42. The monoisotopic (exact) mass is 565 g/mol. The maximum absolute atomic E-state index is 13.2. The molecule has 202 valence electrons. The van der Waals surface area contributed by atoms with Crippen LogP contribution in [0.25, 0.3) is 10.2 Å². The van der Waals surface area contributed by atoms with Gasteiger partial charge in [0.15, 0.2) is 0 Å². The number of amides is 3. The first-order valence-corrected chi connectivity index (χ1v) is 14.5. The van der Waals surface area contributed by atoms with Crippen LogP contribution in [0.4, 0.5) is 14.6 Å². The topological polar surface area (TPSA) is 89.0 Å². The van der Waals surface area contributed by atoms with Crippen LogP contribution in [0.5, 0.6) is 0 Å². The third-order valence-corrected chi connectivity index (χ3v) is 8.41. The SMILES string of the molecule is CC(=O)N(C(=O)OC(C)(C)C)C(C)Cc1sc2c(N(Cc3cccs3)C(=O)OC(C)(C)C)snc2c1C. The van der Waals surface area contributed by atoms with E-state index in [0.29, 0.717) is 13.0 Å². The van der Waals surface area contributed by atoms with Gasteiger partial charge in [-0.2, -0.15) is 4.37 Å². The fraction of sp³-hybridized carbons (Fsp3) is 0.538. The summed E-state index contributed by atoms with van der Waals surface area (Å²) in [5.74, 6) is -0.372. The van der Waals surface area contributed by atoms with Gasteiger partial charge in [-0.3, -0.25) is 9.69 Å². The predicted octanol–water partition coefficient (Wildman–Crippen LogP) is 7.38. The Labute approximate surface area is 230 Å². The zero-order valence-corrected chi connectivity index (χ0v) is 25.3. The quantitative estimate of drug-likeness (QED) is 0.310. The Kier molecular flexibility index (Phi) is 8.71. The molecule has 11 heteroatoms. The normalized spacial score (nSPS) is 12.9. The van der Waals surface area contributed by atoms with Crippen molar-refractivity contribution in [3.63, 3.8) is 0 Å². The minimum absolute atomic E-state index is 0.372. The number of hydrogen-bond donors (Lipinski definition) is 0. The number of imide groups is 1. The van der Waals surface area contributed by atoms with Crippen LogP contribution in [0.3, 0.4) is 0 Å². The van der Waals surface area contributed by atoms with Crippen LogP contribution >= 0.6 is 34.2 Å². The van der Waals surface area contributed by atoms with Crippen LogP contribution in [0.2, 0.25) is 0 Å². The van der Waals surface area contributed by atoms with Crippen molar-refractivity contribution >= 4 is 67.5 Å². The van der Waals surface area contributed by atoms with E-state index in [-0.39, 0.29) is 5.91 Å². The summed E-state index contributed by atoms with van der Waals surface area (Å²) >= 11 is 4.37. The lowest BCUT2D eigenvalue weighted by Crippen LogP contribution is -2.45. The van der Waals surface area contributed by atoms with Crippen LogP contribution in [0, 0.1) is 6.92 Å². The van der Waals surface area contributed by atoms with Crippen molar-refractivity contribution in [2.75, 3.05) is 4.90 Å². The standard InChI is InChI=1S/C26H35N3O5S3/c1-15(29(17(3)30)24(32)34-26(7,8)9)13-19-16(2)20-21(36-19)22(37-27-20)28(14-18-11-10-12-35-18)23(31)33-25(4,5)6/h10-12,15H,13-14H2,1-9H3. The number of fused-ring (bicyclic) bond motifs is 1. The molecule has 37 heavy (non-hydrogen) atoms. The van der Waals surface area contributed by atoms with Crippen LogP contribution in [-0.2, 0) is 27.2 Å². The highest BCUT2D eigenvalue weighted by molar-refractivity contribution is 7.25. The Morgan fingerprint density at radius 1 is 1.05 bits per heavy atom. The van der Waals surface area contributed by atoms with E-state index in [1.54, 1.807) is 37.0 Å². The Morgan fingerprint density at radius 3 is 2.22 bits per heavy atom. The van der Waals surface area contributed by atoms with Gasteiger partial charge in [-0.15, -0.1) is 22.7 Å². The zero-order valence-electron chi connectivity index (χ0n) is 22.8. The second-order valence-electron chi connectivity index (χ2n) is 10.9. The number of ether oxygens (including phenoxy) is 2. The minimum Gasteiger partial charge on any atom is -0.443 e. The molecule has 0 fully saturated rings. The smallest absolute Gasteiger partial charge is 0.417 e. The van der Waals surface area contributed by atoms with Gasteiger partial charge >= 0.3 is 12.2 Å². The molecule has 0 radical (unpaired) electrons. The van der Waals surface area contributed by atoms with Gasteiger partial charge in [0, 0.05) is 29.1 Å². The molecule has 0 saturated carbocycles. The highest BCUT2D eigenvalue weighted by atomic mass is 32.1. The lowest BCUT2D eigenvalue weighted by atomic mass is 10.1. The maximum atomic E-state index is 13.2. The summed E-state index contributed by atoms with van der Waals surface area (Å²) in [4.78, 5) is 43.2. The highest BCUT2D eigenvalue weighted by Gasteiger charge is 2.32. The van der Waals surface area contributed by atoms with Crippen LogP contribution in [-0.4, -0.2) is 44.6 Å². The molecule has 0 N–H and O–H groups in total. The van der Waals surface area contributed by atoms with Crippen LogP contribution in [0.15, 0.2) is 17.5 Å². The molecule has 3 aromatic heterocycles. The van der Waals surface area contributed by atoms with Crippen molar-refractivity contribution < 1.29 is 23.9 Å². The number of aromatic nitrogens is 1. The van der Waals surface area contributed by atoms with Gasteiger partial charge in [0.25, 0.3) is 0 Å². The van der Waals surface area contributed by atoms with Crippen molar-refractivity contribution in [1.29, 1.82) is 0 Å². The number of aryl methyl sites for hydroxylation is 1. The molecular weight excluding hydrogens is 531 g/mol. The summed E-state index contributed by atoms with van der Waals surface area (Å²) in [7, 11) is 0. The van der Waals surface area contributed by atoms with E-state index in [4.69, 9.17) is 9.47 Å². The molecule has 3 amide bonds. The summed E-state index contributed by atoms with van der Waals surface area (Å²) in [5, 5.41) is 2.70. The molecule has 3 aromatic rings. The van der Waals surface area contributed by atoms with E-state index < -0.39 is 29.4 Å². The predicted molar refractivity (Wildman–Crippen MR) is 151 cm³/mol. The fourth-order valence-electron chi connectivity index (χ4n) is 3.69. The van der Waals surface area contributed by atoms with E-state index >= 15 is 0 Å². The van der Waals surface area contributed by atoms with E-state index in [1.165, 1.54) is 29.8 Å². The van der Waals surface area contributed by atoms with E-state index in [2.05, 4.69) is 4.37 Å². The van der Waals surface area contributed by atoms with Gasteiger partial charge in [0.1, 0.15) is 21.7 Å². The summed E-state index contributed by atoms with van der Waals surface area (Å²) < 4.78 is 16.7. The summed E-state index contributed by atoms with van der Waals surface area (Å²) in [6.45, 7) is 16.4. The zero-order chi connectivity index (χ0) is 27.7. The Bertz CT molecular complexity index is 1270. The van der Waals surface area contributed by atoms with Crippen molar-refractivity contribution in [2.45, 2.75) is 92.5 Å². The molecule has 8 nitrogen and oxygen atoms in total. The first kappa shape index (κ1) is 29.1. The van der Waals surface area contributed by atoms with Gasteiger partial charge in [-0.25, -0.2) is 14.5 Å². The fourth-order valence-corrected chi connectivity index (χ4v) is 6.81. The molecular formula is C26H35N3O5S3. The first-order valence-electron chi connectivity index (χ1n) is 12.0. The summed E-state index contributed by atoms with van der Waals surface area (Å²) in [6, 6.07) is 3.52. The molecule has 0 spiro atoms. The molecule has 0 aromatic carbocycles. The number of hydrogen-bond acceptors (Lipinski definition) is 9. The first-order chi connectivity index (χ1) is 17.1. The largest absolute Gasteiger partial charge is 0.443 e. The Morgan fingerprint density at radius 2 is 1.68 bits per heavy atom. The number of carbonyl (C=O) groups is 3. The average molecular weight is 566 g/mol. The molecule has 0 aliphatic carbocycles. The summed E-state index contributed by atoms with van der Waals surface area (Å²) in [6.07, 6.45) is -0.637. The van der Waals surface area contributed by atoms with Crippen LogP contribution in [0.1, 0.15) is 70.7 Å². The van der Waals surface area contributed by atoms with Gasteiger partial charge in [0.05, 0.1) is 11.2 Å². The minimum atomic E-state index is -0.710. The van der Waals surface area contributed by atoms with Gasteiger partial charge < -0.3 is 9.47 Å². The average Bonchev–Trinajstić information content (AvgIpc) is 3.43. The number of rotatable bonds is 6. The Hall–Kier alpha value is -2.50. The molecule has 3 rings (SSSR count). The summed E-state index contributed by atoms with van der Waals surface area (Å²) in [5.41, 5.74) is 0.442. The maximum Gasteiger partial charge on any atom is 0.417 e.